The first kappa shape index (κ1) is 14.4. The van der Waals surface area contributed by atoms with Gasteiger partial charge in [-0.1, -0.05) is 12.8 Å². The molecule has 0 aromatic rings. The van der Waals surface area contributed by atoms with Crippen LogP contribution < -0.4 is 5.73 Å². The molecule has 0 aromatic heterocycles. The molecule has 0 saturated carbocycles. The van der Waals surface area contributed by atoms with Gasteiger partial charge in [-0.2, -0.15) is 13.2 Å². The molecule has 0 aliphatic carbocycles. The van der Waals surface area contributed by atoms with Crippen LogP contribution in [0.2, 0.25) is 0 Å². The highest BCUT2D eigenvalue weighted by atomic mass is 19.4. The minimum Gasteiger partial charge on any atom is -0.330 e. The number of nitrogens with two attached hydrogens (primary N) is 1. The predicted octanol–water partition coefficient (Wildman–Crippen LogP) is 2.81. The maximum atomic E-state index is 11.7. The molecule has 0 bridgehead atoms. The van der Waals surface area contributed by atoms with Gasteiger partial charge in [0.15, 0.2) is 0 Å². The SMILES string of the molecule is NCCCCCCC(=O)CCC(F)(F)F. The van der Waals surface area contributed by atoms with Gasteiger partial charge in [0.1, 0.15) is 5.78 Å². The van der Waals surface area contributed by atoms with Gasteiger partial charge in [-0.25, -0.2) is 0 Å². The third-order valence-corrected chi connectivity index (χ3v) is 2.10. The van der Waals surface area contributed by atoms with Crippen molar-refractivity contribution in [2.24, 2.45) is 5.73 Å². The van der Waals surface area contributed by atoms with Gasteiger partial charge < -0.3 is 5.73 Å². The van der Waals surface area contributed by atoms with Crippen LogP contribution in [0.3, 0.4) is 0 Å². The molecule has 0 atom stereocenters. The summed E-state index contributed by atoms with van der Waals surface area (Å²) in [5.74, 6) is -0.292. The van der Waals surface area contributed by atoms with E-state index in [1.54, 1.807) is 0 Å². The van der Waals surface area contributed by atoms with Gasteiger partial charge in [-0.3, -0.25) is 4.79 Å². The van der Waals surface area contributed by atoms with Gasteiger partial charge in [0, 0.05) is 12.8 Å². The largest absolute Gasteiger partial charge is 0.389 e. The van der Waals surface area contributed by atoms with Gasteiger partial charge in [0.2, 0.25) is 0 Å². The van der Waals surface area contributed by atoms with Crippen LogP contribution in [0.15, 0.2) is 0 Å². The molecule has 0 heterocycles. The maximum Gasteiger partial charge on any atom is 0.389 e. The topological polar surface area (TPSA) is 43.1 Å². The van der Waals surface area contributed by atoms with E-state index >= 15 is 0 Å². The molecule has 5 heteroatoms. The van der Waals surface area contributed by atoms with Crippen molar-refractivity contribution in [2.75, 3.05) is 6.54 Å². The fraction of sp³-hybridized carbons (Fsp3) is 0.900. The van der Waals surface area contributed by atoms with Crippen molar-refractivity contribution in [3.8, 4) is 0 Å². The summed E-state index contributed by atoms with van der Waals surface area (Å²) in [6.45, 7) is 0.627. The summed E-state index contributed by atoms with van der Waals surface area (Å²) in [5.41, 5.74) is 5.27. The Bertz CT molecular complexity index is 180. The minimum absolute atomic E-state index is 0.265. The monoisotopic (exact) mass is 225 g/mol. The molecule has 0 amide bonds. The summed E-state index contributed by atoms with van der Waals surface area (Å²) in [6, 6.07) is 0. The molecule has 15 heavy (non-hydrogen) atoms. The van der Waals surface area contributed by atoms with Crippen LogP contribution in [0, 0.1) is 0 Å². The molecule has 0 saturated heterocycles. The average molecular weight is 225 g/mol. The summed E-state index contributed by atoms with van der Waals surface area (Å²) >= 11 is 0. The van der Waals surface area contributed by atoms with E-state index in [4.69, 9.17) is 5.73 Å². The Morgan fingerprint density at radius 1 is 1.00 bits per heavy atom. The third-order valence-electron chi connectivity index (χ3n) is 2.10. The molecule has 0 fully saturated rings. The number of alkyl halides is 3. The highest BCUT2D eigenvalue weighted by Crippen LogP contribution is 2.22. The lowest BCUT2D eigenvalue weighted by Crippen LogP contribution is -2.10. The molecule has 2 nitrogen and oxygen atoms in total. The first-order chi connectivity index (χ1) is 6.95. The van der Waals surface area contributed by atoms with Crippen LogP contribution in [0.4, 0.5) is 13.2 Å². The summed E-state index contributed by atoms with van der Waals surface area (Å²) in [6.07, 6.45) is -1.91. The third kappa shape index (κ3) is 11.3. The average Bonchev–Trinajstić information content (AvgIpc) is 2.13. The quantitative estimate of drug-likeness (QED) is 0.645. The number of hydrogen-bond acceptors (Lipinski definition) is 2. The lowest BCUT2D eigenvalue weighted by molar-refractivity contribution is -0.143. The molecule has 90 valence electrons. The Morgan fingerprint density at radius 3 is 2.13 bits per heavy atom. The zero-order valence-electron chi connectivity index (χ0n) is 8.78. The van der Waals surface area contributed by atoms with Gasteiger partial charge in [-0.15, -0.1) is 0 Å². The van der Waals surface area contributed by atoms with Crippen molar-refractivity contribution in [1.29, 1.82) is 0 Å². The normalized spacial score (nSPS) is 11.7. The number of Topliss-reactive ketones (excluding diaryl/α,β-unsaturated/α-hetero) is 1. The standard InChI is InChI=1S/C10H18F3NO/c11-10(12,13)7-6-9(15)5-3-1-2-4-8-14/h1-8,14H2. The number of ketones is 1. The number of halogens is 3. The molecule has 0 radical (unpaired) electrons. The van der Waals surface area contributed by atoms with Crippen LogP contribution in [-0.2, 0) is 4.79 Å². The fourth-order valence-electron chi connectivity index (χ4n) is 1.23. The van der Waals surface area contributed by atoms with Crippen LogP contribution in [0.5, 0.6) is 0 Å². The van der Waals surface area contributed by atoms with Gasteiger partial charge in [-0.05, 0) is 19.4 Å². The molecule has 0 rings (SSSR count). The Morgan fingerprint density at radius 2 is 1.60 bits per heavy atom. The van der Waals surface area contributed by atoms with E-state index in [-0.39, 0.29) is 18.6 Å². The second kappa shape index (κ2) is 7.68. The highest BCUT2D eigenvalue weighted by Gasteiger charge is 2.27. The van der Waals surface area contributed by atoms with Crippen molar-refractivity contribution in [3.63, 3.8) is 0 Å². The van der Waals surface area contributed by atoms with Crippen molar-refractivity contribution < 1.29 is 18.0 Å². The second-order valence-electron chi connectivity index (χ2n) is 3.61. The van der Waals surface area contributed by atoms with Gasteiger partial charge in [0.05, 0.1) is 6.42 Å². The van der Waals surface area contributed by atoms with E-state index in [2.05, 4.69) is 0 Å². The minimum atomic E-state index is -4.21. The molecule has 2 N–H and O–H groups in total. The molecule has 0 unspecified atom stereocenters. The fourth-order valence-corrected chi connectivity index (χ4v) is 1.23. The van der Waals surface area contributed by atoms with Gasteiger partial charge >= 0.3 is 6.18 Å². The van der Waals surface area contributed by atoms with Crippen LogP contribution in [0.1, 0.15) is 44.9 Å². The maximum absolute atomic E-state index is 11.7. The van der Waals surface area contributed by atoms with E-state index in [0.717, 1.165) is 19.3 Å². The van der Waals surface area contributed by atoms with Crippen LogP contribution in [0.25, 0.3) is 0 Å². The van der Waals surface area contributed by atoms with Crippen LogP contribution in [-0.4, -0.2) is 18.5 Å². The molecular weight excluding hydrogens is 207 g/mol. The number of carbonyl (C=O) groups excluding carboxylic acids is 1. The molecule has 0 aromatic carbocycles. The first-order valence-corrected chi connectivity index (χ1v) is 5.24. The summed E-state index contributed by atoms with van der Waals surface area (Å²) in [4.78, 5) is 11.0. The second-order valence-corrected chi connectivity index (χ2v) is 3.61. The summed E-state index contributed by atoms with van der Waals surface area (Å²) in [5, 5.41) is 0. The van der Waals surface area contributed by atoms with E-state index in [0.29, 0.717) is 13.0 Å². The molecule has 0 spiro atoms. The zero-order valence-corrected chi connectivity index (χ0v) is 8.78. The lowest BCUT2D eigenvalue weighted by Gasteiger charge is -2.05. The van der Waals surface area contributed by atoms with E-state index in [9.17, 15) is 18.0 Å². The van der Waals surface area contributed by atoms with Crippen molar-refractivity contribution >= 4 is 5.78 Å². The smallest absolute Gasteiger partial charge is 0.330 e. The van der Waals surface area contributed by atoms with Crippen molar-refractivity contribution in [1.82, 2.24) is 0 Å². The van der Waals surface area contributed by atoms with E-state index < -0.39 is 12.6 Å². The van der Waals surface area contributed by atoms with Crippen LogP contribution >= 0.6 is 0 Å². The number of rotatable bonds is 8. The van der Waals surface area contributed by atoms with E-state index in [1.807, 2.05) is 0 Å². The Labute approximate surface area is 88.0 Å². The van der Waals surface area contributed by atoms with Crippen molar-refractivity contribution in [3.05, 3.63) is 0 Å². The number of unbranched alkanes of at least 4 members (excludes halogenated alkanes) is 3. The lowest BCUT2D eigenvalue weighted by atomic mass is 10.1. The Kier molecular flexibility index (Phi) is 7.38. The first-order valence-electron chi connectivity index (χ1n) is 5.24. The van der Waals surface area contributed by atoms with E-state index in [1.165, 1.54) is 0 Å². The molecular formula is C10H18F3NO. The Hall–Kier alpha value is -0.580. The van der Waals surface area contributed by atoms with Gasteiger partial charge in [0.25, 0.3) is 0 Å². The Balaban J connectivity index is 3.34. The predicted molar refractivity (Wildman–Crippen MR) is 52.4 cm³/mol. The number of carbonyl (C=O) groups is 1. The highest BCUT2D eigenvalue weighted by molar-refractivity contribution is 5.78. The number of hydrogen-bond donors (Lipinski definition) is 1. The molecule has 0 aliphatic rings. The zero-order chi connectivity index (χ0) is 11.7. The molecule has 0 aliphatic heterocycles. The summed E-state index contributed by atoms with van der Waals surface area (Å²) < 4.78 is 35.2. The summed E-state index contributed by atoms with van der Waals surface area (Å²) in [7, 11) is 0. The van der Waals surface area contributed by atoms with Crippen molar-refractivity contribution in [2.45, 2.75) is 51.1 Å².